The molecule has 2 atom stereocenters. The number of carbonyl (C=O) groups excluding carboxylic acids is 2. The van der Waals surface area contributed by atoms with Crippen LogP contribution < -0.4 is 15.0 Å². The summed E-state index contributed by atoms with van der Waals surface area (Å²) in [6.45, 7) is 2.45. The monoisotopic (exact) mass is 400 g/mol. The van der Waals surface area contributed by atoms with Gasteiger partial charge in [0.15, 0.2) is 0 Å². The van der Waals surface area contributed by atoms with Crippen molar-refractivity contribution in [1.82, 2.24) is 5.32 Å². The molecule has 0 aromatic heterocycles. The molecule has 0 radical (unpaired) electrons. The average molecular weight is 400 g/mol. The molecule has 0 aliphatic carbocycles. The van der Waals surface area contributed by atoms with Gasteiger partial charge in [0.05, 0.1) is 6.04 Å². The Bertz CT molecular complexity index is 1000. The Kier molecular flexibility index (Phi) is 5.80. The molecule has 1 saturated heterocycles. The number of benzene rings is 3. The predicted molar refractivity (Wildman–Crippen MR) is 116 cm³/mol. The Labute approximate surface area is 176 Å². The van der Waals surface area contributed by atoms with Crippen LogP contribution in [0.15, 0.2) is 84.9 Å². The highest BCUT2D eigenvalue weighted by atomic mass is 16.5. The fourth-order valence-electron chi connectivity index (χ4n) is 3.64. The molecule has 3 aromatic rings. The van der Waals surface area contributed by atoms with Gasteiger partial charge in [-0.05, 0) is 55.3 Å². The standard InChI is InChI=1S/C25H24N2O3/c1-18(19-8-4-2-5-9-19)26-24(28)23-16-17-27(25(23)29)20-12-14-22(15-13-20)30-21-10-6-3-7-11-21/h2-15,18,23H,16-17H2,1H3,(H,26,28). The first-order valence-corrected chi connectivity index (χ1v) is 10.1. The fraction of sp³-hybridized carbons (Fsp3) is 0.200. The van der Waals surface area contributed by atoms with Gasteiger partial charge in [0, 0.05) is 12.2 Å². The zero-order chi connectivity index (χ0) is 20.9. The maximum atomic E-state index is 12.9. The molecule has 4 rings (SSSR count). The first-order chi connectivity index (χ1) is 14.6. The fourth-order valence-corrected chi connectivity index (χ4v) is 3.64. The Morgan fingerprint density at radius 2 is 1.53 bits per heavy atom. The number of anilines is 1. The van der Waals surface area contributed by atoms with E-state index in [0.717, 1.165) is 17.0 Å². The number of hydrogen-bond acceptors (Lipinski definition) is 3. The van der Waals surface area contributed by atoms with Crippen LogP contribution in [-0.2, 0) is 9.59 Å². The van der Waals surface area contributed by atoms with Crippen molar-refractivity contribution in [2.24, 2.45) is 5.92 Å². The molecular weight excluding hydrogens is 376 g/mol. The third kappa shape index (κ3) is 4.35. The van der Waals surface area contributed by atoms with Gasteiger partial charge in [0.1, 0.15) is 17.4 Å². The SMILES string of the molecule is CC(NC(=O)C1CCN(c2ccc(Oc3ccccc3)cc2)C1=O)c1ccccc1. The van der Waals surface area contributed by atoms with Crippen molar-refractivity contribution in [1.29, 1.82) is 0 Å². The molecule has 2 unspecified atom stereocenters. The van der Waals surface area contributed by atoms with E-state index in [9.17, 15) is 9.59 Å². The van der Waals surface area contributed by atoms with Crippen LogP contribution in [0.4, 0.5) is 5.69 Å². The number of ether oxygens (including phenoxy) is 1. The van der Waals surface area contributed by atoms with Gasteiger partial charge >= 0.3 is 0 Å². The second kappa shape index (κ2) is 8.82. The molecule has 152 valence electrons. The number of amides is 2. The van der Waals surface area contributed by atoms with E-state index in [1.54, 1.807) is 4.90 Å². The van der Waals surface area contributed by atoms with Crippen molar-refractivity contribution >= 4 is 17.5 Å². The summed E-state index contributed by atoms with van der Waals surface area (Å²) < 4.78 is 5.80. The van der Waals surface area contributed by atoms with Crippen LogP contribution in [0.2, 0.25) is 0 Å². The zero-order valence-corrected chi connectivity index (χ0v) is 16.8. The highest BCUT2D eigenvalue weighted by molar-refractivity contribution is 6.09. The summed E-state index contributed by atoms with van der Waals surface area (Å²) in [6, 6.07) is 26.5. The number of nitrogens with zero attached hydrogens (tertiary/aromatic N) is 1. The lowest BCUT2D eigenvalue weighted by Crippen LogP contribution is -2.38. The highest BCUT2D eigenvalue weighted by Crippen LogP contribution is 2.29. The van der Waals surface area contributed by atoms with Crippen LogP contribution >= 0.6 is 0 Å². The van der Waals surface area contributed by atoms with Crippen molar-refractivity contribution in [2.45, 2.75) is 19.4 Å². The summed E-state index contributed by atoms with van der Waals surface area (Å²) in [5.41, 5.74) is 1.79. The number of para-hydroxylation sites is 1. The normalized spacial score (nSPS) is 16.9. The first kappa shape index (κ1) is 19.7. The maximum absolute atomic E-state index is 12.9. The van der Waals surface area contributed by atoms with Gasteiger partial charge < -0.3 is 15.0 Å². The molecule has 5 nitrogen and oxygen atoms in total. The van der Waals surface area contributed by atoms with Crippen molar-refractivity contribution in [3.05, 3.63) is 90.5 Å². The molecule has 3 aromatic carbocycles. The Balaban J connectivity index is 1.38. The Morgan fingerprint density at radius 3 is 2.20 bits per heavy atom. The van der Waals surface area contributed by atoms with Gasteiger partial charge in [0.2, 0.25) is 11.8 Å². The second-order valence-corrected chi connectivity index (χ2v) is 7.38. The molecule has 1 aliphatic heterocycles. The Hall–Kier alpha value is -3.60. The molecule has 1 heterocycles. The van der Waals surface area contributed by atoms with Crippen molar-refractivity contribution < 1.29 is 14.3 Å². The summed E-state index contributed by atoms with van der Waals surface area (Å²) in [4.78, 5) is 27.2. The van der Waals surface area contributed by atoms with Gasteiger partial charge in [-0.3, -0.25) is 9.59 Å². The average Bonchev–Trinajstić information content (AvgIpc) is 3.17. The molecule has 1 fully saturated rings. The van der Waals surface area contributed by atoms with Gasteiger partial charge in [-0.2, -0.15) is 0 Å². The lowest BCUT2D eigenvalue weighted by Gasteiger charge is -2.19. The van der Waals surface area contributed by atoms with Gasteiger partial charge in [-0.25, -0.2) is 0 Å². The summed E-state index contributed by atoms with van der Waals surface area (Å²) in [5.74, 6) is 0.415. The van der Waals surface area contributed by atoms with E-state index in [2.05, 4.69) is 5.32 Å². The molecule has 0 bridgehead atoms. The van der Waals surface area contributed by atoms with Crippen molar-refractivity contribution in [3.8, 4) is 11.5 Å². The number of carbonyl (C=O) groups is 2. The van der Waals surface area contributed by atoms with E-state index >= 15 is 0 Å². The third-order valence-electron chi connectivity index (χ3n) is 5.31. The first-order valence-electron chi connectivity index (χ1n) is 10.1. The lowest BCUT2D eigenvalue weighted by atomic mass is 10.0. The number of nitrogens with one attached hydrogen (secondary N) is 1. The largest absolute Gasteiger partial charge is 0.457 e. The highest BCUT2D eigenvalue weighted by Gasteiger charge is 2.38. The van der Waals surface area contributed by atoms with Crippen molar-refractivity contribution in [2.75, 3.05) is 11.4 Å². The second-order valence-electron chi connectivity index (χ2n) is 7.38. The van der Waals surface area contributed by atoms with Crippen LogP contribution in [-0.4, -0.2) is 18.4 Å². The van der Waals surface area contributed by atoms with Gasteiger partial charge in [-0.15, -0.1) is 0 Å². The van der Waals surface area contributed by atoms with Crippen LogP contribution in [0.3, 0.4) is 0 Å². The van der Waals surface area contributed by atoms with Gasteiger partial charge in [0.25, 0.3) is 0 Å². The van der Waals surface area contributed by atoms with E-state index in [4.69, 9.17) is 4.74 Å². The van der Waals surface area contributed by atoms with Crippen LogP contribution in [0.25, 0.3) is 0 Å². The molecule has 30 heavy (non-hydrogen) atoms. The van der Waals surface area contributed by atoms with E-state index in [0.29, 0.717) is 18.7 Å². The smallest absolute Gasteiger partial charge is 0.239 e. The predicted octanol–water partition coefficient (Wildman–Crippen LogP) is 4.71. The van der Waals surface area contributed by atoms with E-state index in [1.807, 2.05) is 91.9 Å². The molecule has 0 spiro atoms. The number of hydrogen-bond donors (Lipinski definition) is 1. The Morgan fingerprint density at radius 1 is 0.933 bits per heavy atom. The van der Waals surface area contributed by atoms with Gasteiger partial charge in [-0.1, -0.05) is 48.5 Å². The van der Waals surface area contributed by atoms with E-state index in [-0.39, 0.29) is 17.9 Å². The van der Waals surface area contributed by atoms with Crippen LogP contribution in [0, 0.1) is 5.92 Å². The minimum atomic E-state index is -0.656. The summed E-state index contributed by atoms with van der Waals surface area (Å²) >= 11 is 0. The van der Waals surface area contributed by atoms with E-state index in [1.165, 1.54) is 0 Å². The molecular formula is C25H24N2O3. The third-order valence-corrected chi connectivity index (χ3v) is 5.31. The summed E-state index contributed by atoms with van der Waals surface area (Å²) in [5, 5.41) is 2.97. The summed E-state index contributed by atoms with van der Waals surface area (Å²) in [6.07, 6.45) is 0.508. The topological polar surface area (TPSA) is 58.6 Å². The molecule has 2 amide bonds. The lowest BCUT2D eigenvalue weighted by molar-refractivity contribution is -0.132. The molecule has 5 heteroatoms. The van der Waals surface area contributed by atoms with Crippen LogP contribution in [0.1, 0.15) is 24.9 Å². The maximum Gasteiger partial charge on any atom is 0.239 e. The minimum absolute atomic E-state index is 0.144. The summed E-state index contributed by atoms with van der Waals surface area (Å²) in [7, 11) is 0. The molecule has 1 aliphatic rings. The quantitative estimate of drug-likeness (QED) is 0.610. The number of rotatable bonds is 6. The molecule has 1 N–H and O–H groups in total. The van der Waals surface area contributed by atoms with Crippen LogP contribution in [0.5, 0.6) is 11.5 Å². The van der Waals surface area contributed by atoms with Crippen molar-refractivity contribution in [3.63, 3.8) is 0 Å². The van der Waals surface area contributed by atoms with E-state index < -0.39 is 5.92 Å². The molecule has 0 saturated carbocycles. The zero-order valence-electron chi connectivity index (χ0n) is 16.8. The minimum Gasteiger partial charge on any atom is -0.457 e.